The van der Waals surface area contributed by atoms with E-state index in [-0.39, 0.29) is 5.91 Å². The van der Waals surface area contributed by atoms with Crippen LogP contribution in [0.15, 0.2) is 48.8 Å². The molecule has 6 nitrogen and oxygen atoms in total. The Kier molecular flexibility index (Phi) is 3.65. The van der Waals surface area contributed by atoms with Gasteiger partial charge in [-0.25, -0.2) is 4.68 Å². The minimum Gasteiger partial charge on any atom is -0.322 e. The van der Waals surface area contributed by atoms with Crippen molar-refractivity contribution < 1.29 is 4.79 Å². The van der Waals surface area contributed by atoms with E-state index in [1.807, 2.05) is 56.3 Å². The fraction of sp³-hybridized carbons (Fsp3) is 0.125. The Balaban J connectivity index is 1.75. The van der Waals surface area contributed by atoms with E-state index in [4.69, 9.17) is 0 Å². The number of aromatic nitrogens is 4. The number of anilines is 1. The molecule has 0 saturated heterocycles. The van der Waals surface area contributed by atoms with E-state index in [1.54, 1.807) is 4.68 Å². The molecule has 0 aliphatic heterocycles. The SMILES string of the molecule is Cc1ccc(C(=O)Nc2ccc(-n3cnnn3)cc2)cc1C. The highest BCUT2D eigenvalue weighted by atomic mass is 16.1. The molecule has 110 valence electrons. The molecule has 0 unspecified atom stereocenters. The molecule has 6 heteroatoms. The lowest BCUT2D eigenvalue weighted by Crippen LogP contribution is -2.12. The number of carbonyl (C=O) groups is 1. The number of hydrogen-bond acceptors (Lipinski definition) is 4. The van der Waals surface area contributed by atoms with E-state index in [2.05, 4.69) is 20.8 Å². The Morgan fingerprint density at radius 1 is 1.05 bits per heavy atom. The van der Waals surface area contributed by atoms with Crippen molar-refractivity contribution in [3.8, 4) is 5.69 Å². The molecular weight excluding hydrogens is 278 g/mol. The number of rotatable bonds is 3. The highest BCUT2D eigenvalue weighted by molar-refractivity contribution is 6.04. The first-order valence-electron chi connectivity index (χ1n) is 6.85. The van der Waals surface area contributed by atoms with Gasteiger partial charge in [-0.3, -0.25) is 4.79 Å². The van der Waals surface area contributed by atoms with Crippen molar-refractivity contribution in [2.24, 2.45) is 0 Å². The second-order valence-corrected chi connectivity index (χ2v) is 5.05. The van der Waals surface area contributed by atoms with Gasteiger partial charge in [-0.15, -0.1) is 5.10 Å². The second kappa shape index (κ2) is 5.77. The third kappa shape index (κ3) is 2.85. The maximum Gasteiger partial charge on any atom is 0.255 e. The Labute approximate surface area is 127 Å². The minimum atomic E-state index is -0.127. The lowest BCUT2D eigenvalue weighted by Gasteiger charge is -2.08. The molecule has 0 radical (unpaired) electrons. The summed E-state index contributed by atoms with van der Waals surface area (Å²) >= 11 is 0. The van der Waals surface area contributed by atoms with Crippen LogP contribution in [0.2, 0.25) is 0 Å². The van der Waals surface area contributed by atoms with Gasteiger partial charge in [0.25, 0.3) is 5.91 Å². The smallest absolute Gasteiger partial charge is 0.255 e. The highest BCUT2D eigenvalue weighted by Gasteiger charge is 2.07. The number of tetrazole rings is 1. The Morgan fingerprint density at radius 3 is 2.45 bits per heavy atom. The number of nitrogens with one attached hydrogen (secondary N) is 1. The first-order chi connectivity index (χ1) is 10.6. The molecule has 2 aromatic carbocycles. The summed E-state index contributed by atoms with van der Waals surface area (Å²) in [5, 5.41) is 13.9. The molecule has 0 saturated carbocycles. The van der Waals surface area contributed by atoms with Crippen LogP contribution in [0.1, 0.15) is 21.5 Å². The van der Waals surface area contributed by atoms with Gasteiger partial charge in [0.15, 0.2) is 0 Å². The monoisotopic (exact) mass is 293 g/mol. The topological polar surface area (TPSA) is 72.7 Å². The summed E-state index contributed by atoms with van der Waals surface area (Å²) in [6, 6.07) is 13.0. The van der Waals surface area contributed by atoms with Gasteiger partial charge in [0.2, 0.25) is 0 Å². The standard InChI is InChI=1S/C16H15N5O/c1-11-3-4-13(9-12(11)2)16(22)18-14-5-7-15(8-6-14)21-10-17-19-20-21/h3-10H,1-2H3,(H,18,22). The van der Waals surface area contributed by atoms with Crippen LogP contribution in [-0.4, -0.2) is 26.1 Å². The average Bonchev–Trinajstić information content (AvgIpc) is 3.05. The molecule has 0 atom stereocenters. The molecule has 0 aliphatic rings. The van der Waals surface area contributed by atoms with Crippen LogP contribution in [0.5, 0.6) is 0 Å². The van der Waals surface area contributed by atoms with Gasteiger partial charge in [-0.2, -0.15) is 0 Å². The maximum absolute atomic E-state index is 12.2. The average molecular weight is 293 g/mol. The zero-order valence-electron chi connectivity index (χ0n) is 12.3. The third-order valence-corrected chi connectivity index (χ3v) is 3.51. The van der Waals surface area contributed by atoms with Crippen molar-refractivity contribution in [3.63, 3.8) is 0 Å². The number of carbonyl (C=O) groups excluding carboxylic acids is 1. The van der Waals surface area contributed by atoms with Crippen molar-refractivity contribution in [3.05, 3.63) is 65.5 Å². The summed E-state index contributed by atoms with van der Waals surface area (Å²) in [4.78, 5) is 12.2. The van der Waals surface area contributed by atoms with Crippen LogP contribution in [0.3, 0.4) is 0 Å². The zero-order chi connectivity index (χ0) is 15.5. The van der Waals surface area contributed by atoms with Gasteiger partial charge >= 0.3 is 0 Å². The van der Waals surface area contributed by atoms with Crippen LogP contribution in [0.4, 0.5) is 5.69 Å². The number of amides is 1. The van der Waals surface area contributed by atoms with Crippen molar-refractivity contribution in [1.82, 2.24) is 20.2 Å². The largest absolute Gasteiger partial charge is 0.322 e. The van der Waals surface area contributed by atoms with Crippen molar-refractivity contribution >= 4 is 11.6 Å². The number of hydrogen-bond donors (Lipinski definition) is 1. The zero-order valence-corrected chi connectivity index (χ0v) is 12.3. The summed E-state index contributed by atoms with van der Waals surface area (Å²) < 4.78 is 1.55. The summed E-state index contributed by atoms with van der Waals surface area (Å²) in [6.45, 7) is 4.02. The van der Waals surface area contributed by atoms with Crippen LogP contribution in [0, 0.1) is 13.8 Å². The molecule has 1 heterocycles. The lowest BCUT2D eigenvalue weighted by molar-refractivity contribution is 0.102. The molecule has 3 aromatic rings. The summed E-state index contributed by atoms with van der Waals surface area (Å²) in [5.41, 5.74) is 4.46. The van der Waals surface area contributed by atoms with Gasteiger partial charge in [0.1, 0.15) is 6.33 Å². The molecule has 1 amide bonds. The van der Waals surface area contributed by atoms with Crippen molar-refractivity contribution in [2.75, 3.05) is 5.32 Å². The molecule has 0 bridgehead atoms. The van der Waals surface area contributed by atoms with Gasteiger partial charge in [-0.1, -0.05) is 6.07 Å². The molecule has 1 N–H and O–H groups in total. The quantitative estimate of drug-likeness (QED) is 0.805. The highest BCUT2D eigenvalue weighted by Crippen LogP contribution is 2.15. The second-order valence-electron chi connectivity index (χ2n) is 5.05. The van der Waals surface area contributed by atoms with Gasteiger partial charge in [0, 0.05) is 11.3 Å². The Bertz CT molecular complexity index is 794. The molecule has 0 fully saturated rings. The molecule has 1 aromatic heterocycles. The van der Waals surface area contributed by atoms with E-state index in [0.717, 1.165) is 16.9 Å². The van der Waals surface area contributed by atoms with E-state index < -0.39 is 0 Å². The summed E-state index contributed by atoms with van der Waals surface area (Å²) in [5.74, 6) is -0.127. The summed E-state index contributed by atoms with van der Waals surface area (Å²) in [6.07, 6.45) is 1.52. The Morgan fingerprint density at radius 2 is 1.82 bits per heavy atom. The van der Waals surface area contributed by atoms with Gasteiger partial charge in [0.05, 0.1) is 5.69 Å². The predicted molar refractivity (Wildman–Crippen MR) is 83.0 cm³/mol. The van der Waals surface area contributed by atoms with Gasteiger partial charge in [-0.05, 0) is 71.8 Å². The summed E-state index contributed by atoms with van der Waals surface area (Å²) in [7, 11) is 0. The fourth-order valence-electron chi connectivity index (χ4n) is 2.06. The molecule has 0 spiro atoms. The normalized spacial score (nSPS) is 10.5. The molecular formula is C16H15N5O. The lowest BCUT2D eigenvalue weighted by atomic mass is 10.1. The number of nitrogens with zero attached hydrogens (tertiary/aromatic N) is 4. The van der Waals surface area contributed by atoms with Crippen molar-refractivity contribution in [2.45, 2.75) is 13.8 Å². The van der Waals surface area contributed by atoms with Crippen LogP contribution >= 0.6 is 0 Å². The molecule has 22 heavy (non-hydrogen) atoms. The van der Waals surface area contributed by atoms with Crippen LogP contribution < -0.4 is 5.32 Å². The van der Waals surface area contributed by atoms with Crippen LogP contribution in [-0.2, 0) is 0 Å². The fourth-order valence-corrected chi connectivity index (χ4v) is 2.06. The van der Waals surface area contributed by atoms with Crippen LogP contribution in [0.25, 0.3) is 5.69 Å². The molecule has 0 aliphatic carbocycles. The maximum atomic E-state index is 12.2. The number of aryl methyl sites for hydroxylation is 2. The number of benzene rings is 2. The van der Waals surface area contributed by atoms with E-state index in [1.165, 1.54) is 11.9 Å². The first-order valence-corrected chi connectivity index (χ1v) is 6.85. The van der Waals surface area contributed by atoms with Gasteiger partial charge < -0.3 is 5.32 Å². The molecule has 3 rings (SSSR count). The third-order valence-electron chi connectivity index (χ3n) is 3.51. The Hall–Kier alpha value is -3.02. The first kappa shape index (κ1) is 13.9. The predicted octanol–water partition coefficient (Wildman–Crippen LogP) is 2.53. The van der Waals surface area contributed by atoms with E-state index >= 15 is 0 Å². The van der Waals surface area contributed by atoms with Crippen molar-refractivity contribution in [1.29, 1.82) is 0 Å². The minimum absolute atomic E-state index is 0.127. The van der Waals surface area contributed by atoms with E-state index in [9.17, 15) is 4.79 Å². The van der Waals surface area contributed by atoms with E-state index in [0.29, 0.717) is 5.56 Å².